The van der Waals surface area contributed by atoms with Crippen molar-refractivity contribution in [3.63, 3.8) is 0 Å². The number of thiophene rings is 1. The Kier molecular flexibility index (Phi) is 6.73. The zero-order chi connectivity index (χ0) is 20.1. The van der Waals surface area contributed by atoms with Crippen LogP contribution >= 0.6 is 11.3 Å². The lowest BCUT2D eigenvalue weighted by Crippen LogP contribution is -2.33. The maximum absolute atomic E-state index is 13.9. The normalized spacial score (nSPS) is 13.4. The van der Waals surface area contributed by atoms with Gasteiger partial charge in [-0.1, -0.05) is 18.2 Å². The van der Waals surface area contributed by atoms with E-state index in [-0.39, 0.29) is 61.6 Å². The number of rotatable bonds is 10. The van der Waals surface area contributed by atoms with Crippen molar-refractivity contribution < 1.29 is 18.8 Å². The summed E-state index contributed by atoms with van der Waals surface area (Å²) in [6.07, 6.45) is 2.40. The molecule has 4 nitrogen and oxygen atoms in total. The fourth-order valence-electron chi connectivity index (χ4n) is 3.09. The second-order valence-electron chi connectivity index (χ2n) is 7.22. The van der Waals surface area contributed by atoms with E-state index in [0.717, 1.165) is 17.7 Å². The zero-order valence-corrected chi connectivity index (χ0v) is 16.8. The summed E-state index contributed by atoms with van der Waals surface area (Å²) in [4.78, 5) is 40.2. The van der Waals surface area contributed by atoms with Crippen molar-refractivity contribution in [2.75, 3.05) is 0 Å². The molecule has 1 aliphatic carbocycles. The molecular formula is C22H24FNO3S. The number of Topliss-reactive ketones (excluding diaryl/α,β-unsaturated/α-hetero) is 2. The van der Waals surface area contributed by atoms with Gasteiger partial charge in [-0.3, -0.25) is 14.4 Å². The fourth-order valence-corrected chi connectivity index (χ4v) is 3.93. The number of ketones is 2. The van der Waals surface area contributed by atoms with Crippen molar-refractivity contribution in [3.05, 3.63) is 57.5 Å². The molecule has 0 spiro atoms. The summed E-state index contributed by atoms with van der Waals surface area (Å²) >= 11 is 1.43. The molecule has 1 aromatic carbocycles. The maximum atomic E-state index is 13.9. The van der Waals surface area contributed by atoms with Crippen LogP contribution in [0, 0.1) is 12.7 Å². The molecule has 0 N–H and O–H groups in total. The van der Waals surface area contributed by atoms with E-state index in [9.17, 15) is 18.8 Å². The molecule has 0 aliphatic heterocycles. The van der Waals surface area contributed by atoms with Crippen LogP contribution in [-0.2, 0) is 16.1 Å². The van der Waals surface area contributed by atoms with Crippen molar-refractivity contribution in [3.8, 4) is 0 Å². The Morgan fingerprint density at radius 1 is 1.04 bits per heavy atom. The molecule has 1 fully saturated rings. The van der Waals surface area contributed by atoms with Gasteiger partial charge in [0.15, 0.2) is 5.78 Å². The van der Waals surface area contributed by atoms with Crippen molar-refractivity contribution in [2.45, 2.75) is 58.0 Å². The van der Waals surface area contributed by atoms with Gasteiger partial charge < -0.3 is 4.90 Å². The summed E-state index contributed by atoms with van der Waals surface area (Å²) < 4.78 is 13.9. The van der Waals surface area contributed by atoms with Crippen LogP contribution in [0.3, 0.4) is 0 Å². The zero-order valence-electron chi connectivity index (χ0n) is 15.9. The van der Waals surface area contributed by atoms with E-state index in [1.807, 2.05) is 13.0 Å². The molecular weight excluding hydrogens is 377 g/mol. The second kappa shape index (κ2) is 9.24. The first kappa shape index (κ1) is 20.4. The van der Waals surface area contributed by atoms with Crippen LogP contribution in [0.25, 0.3) is 0 Å². The molecule has 148 valence electrons. The summed E-state index contributed by atoms with van der Waals surface area (Å²) in [5, 5.41) is 0. The van der Waals surface area contributed by atoms with Crippen molar-refractivity contribution >= 4 is 28.8 Å². The monoisotopic (exact) mass is 401 g/mol. The van der Waals surface area contributed by atoms with E-state index in [1.165, 1.54) is 17.4 Å². The van der Waals surface area contributed by atoms with E-state index in [2.05, 4.69) is 0 Å². The number of hydrogen-bond donors (Lipinski definition) is 0. The smallest absolute Gasteiger partial charge is 0.223 e. The lowest BCUT2D eigenvalue weighted by molar-refractivity contribution is -0.134. The predicted molar refractivity (Wildman–Crippen MR) is 107 cm³/mol. The van der Waals surface area contributed by atoms with Gasteiger partial charge in [-0.15, -0.1) is 11.3 Å². The van der Waals surface area contributed by atoms with Gasteiger partial charge >= 0.3 is 0 Å². The molecule has 0 bridgehead atoms. The Morgan fingerprint density at radius 3 is 2.39 bits per heavy atom. The number of hydrogen-bond acceptors (Lipinski definition) is 4. The highest BCUT2D eigenvalue weighted by Crippen LogP contribution is 2.29. The summed E-state index contributed by atoms with van der Waals surface area (Å²) in [6.45, 7) is 2.17. The Balaban J connectivity index is 1.47. The van der Waals surface area contributed by atoms with Crippen LogP contribution in [0.15, 0.2) is 36.4 Å². The highest BCUT2D eigenvalue weighted by atomic mass is 32.1. The Labute approximate surface area is 168 Å². The van der Waals surface area contributed by atoms with Crippen molar-refractivity contribution in [1.82, 2.24) is 4.90 Å². The number of carbonyl (C=O) groups is 3. The third kappa shape index (κ3) is 5.58. The van der Waals surface area contributed by atoms with Crippen molar-refractivity contribution in [2.24, 2.45) is 0 Å². The van der Waals surface area contributed by atoms with Gasteiger partial charge in [0.25, 0.3) is 0 Å². The minimum Gasteiger partial charge on any atom is -0.335 e. The third-order valence-electron chi connectivity index (χ3n) is 4.87. The first-order valence-electron chi connectivity index (χ1n) is 9.58. The van der Waals surface area contributed by atoms with E-state index in [0.29, 0.717) is 10.4 Å². The summed E-state index contributed by atoms with van der Waals surface area (Å²) in [5.41, 5.74) is 0.492. The van der Waals surface area contributed by atoms with Gasteiger partial charge in [0.05, 0.1) is 4.88 Å². The minimum atomic E-state index is -0.320. The highest BCUT2D eigenvalue weighted by Gasteiger charge is 2.32. The largest absolute Gasteiger partial charge is 0.335 e. The Bertz CT molecular complexity index is 872. The van der Waals surface area contributed by atoms with E-state index in [4.69, 9.17) is 0 Å². The summed E-state index contributed by atoms with van der Waals surface area (Å²) in [5.74, 6) is -0.563. The molecule has 0 unspecified atom stereocenters. The highest BCUT2D eigenvalue weighted by molar-refractivity contribution is 7.14. The number of halogens is 1. The number of aryl methyl sites for hydroxylation is 1. The summed E-state index contributed by atoms with van der Waals surface area (Å²) in [6, 6.07) is 10.3. The number of benzene rings is 1. The van der Waals surface area contributed by atoms with Crippen LogP contribution in [0.2, 0.25) is 0 Å². The third-order valence-corrected chi connectivity index (χ3v) is 5.91. The first-order valence-corrected chi connectivity index (χ1v) is 10.4. The van der Waals surface area contributed by atoms with E-state index < -0.39 is 0 Å². The van der Waals surface area contributed by atoms with Crippen LogP contribution < -0.4 is 0 Å². The fraction of sp³-hybridized carbons (Fsp3) is 0.409. The lowest BCUT2D eigenvalue weighted by Gasteiger charge is -2.22. The van der Waals surface area contributed by atoms with Crippen LogP contribution in [0.1, 0.15) is 58.6 Å². The second-order valence-corrected chi connectivity index (χ2v) is 8.50. The maximum Gasteiger partial charge on any atom is 0.223 e. The Hall–Kier alpha value is -2.34. The van der Waals surface area contributed by atoms with Gasteiger partial charge in [-0.25, -0.2) is 4.39 Å². The van der Waals surface area contributed by atoms with E-state index >= 15 is 0 Å². The molecule has 0 saturated heterocycles. The molecule has 3 rings (SSSR count). The standard InChI is InChI=1S/C22H24FNO3S/c1-15-6-12-21(28-15)20(26)11-9-18(25)10-13-22(27)24(17-7-8-17)14-16-4-2-3-5-19(16)23/h2-6,12,17H,7-11,13-14H2,1H3. The number of carbonyl (C=O) groups excluding carboxylic acids is 3. The minimum absolute atomic E-state index is 0.0306. The number of nitrogens with zero attached hydrogens (tertiary/aromatic N) is 1. The average molecular weight is 402 g/mol. The molecule has 1 amide bonds. The molecule has 0 radical (unpaired) electrons. The van der Waals surface area contributed by atoms with E-state index in [1.54, 1.807) is 29.2 Å². The van der Waals surface area contributed by atoms with Crippen LogP contribution in [0.5, 0.6) is 0 Å². The Morgan fingerprint density at radius 2 is 1.75 bits per heavy atom. The lowest BCUT2D eigenvalue weighted by atomic mass is 10.1. The molecule has 1 heterocycles. The number of amides is 1. The van der Waals surface area contributed by atoms with Gasteiger partial charge in [-0.05, 0) is 38.0 Å². The molecule has 1 aliphatic rings. The molecule has 28 heavy (non-hydrogen) atoms. The van der Waals surface area contributed by atoms with Gasteiger partial charge in [0.2, 0.25) is 5.91 Å². The molecule has 2 aromatic rings. The molecule has 1 aromatic heterocycles. The molecule has 1 saturated carbocycles. The SMILES string of the molecule is Cc1ccc(C(=O)CCC(=O)CCC(=O)N(Cc2ccccc2F)C2CC2)s1. The predicted octanol–water partition coefficient (Wildman–Crippen LogP) is 4.70. The first-order chi connectivity index (χ1) is 13.4. The summed E-state index contributed by atoms with van der Waals surface area (Å²) in [7, 11) is 0. The topological polar surface area (TPSA) is 54.5 Å². The van der Waals surface area contributed by atoms with Gasteiger partial charge in [0, 0.05) is 48.7 Å². The van der Waals surface area contributed by atoms with Gasteiger partial charge in [0.1, 0.15) is 11.6 Å². The van der Waals surface area contributed by atoms with Crippen molar-refractivity contribution in [1.29, 1.82) is 0 Å². The molecule has 0 atom stereocenters. The van der Waals surface area contributed by atoms with Crippen LogP contribution in [-0.4, -0.2) is 28.4 Å². The van der Waals surface area contributed by atoms with Gasteiger partial charge in [-0.2, -0.15) is 0 Å². The van der Waals surface area contributed by atoms with Crippen LogP contribution in [0.4, 0.5) is 4.39 Å². The average Bonchev–Trinajstić information content (AvgIpc) is 3.43. The molecule has 6 heteroatoms. The quantitative estimate of drug-likeness (QED) is 0.542.